The second-order valence-corrected chi connectivity index (χ2v) is 5.52. The van der Waals surface area contributed by atoms with Crippen LogP contribution in [0.5, 0.6) is 0 Å². The van der Waals surface area contributed by atoms with Crippen molar-refractivity contribution in [2.45, 2.75) is 62.9 Å². The summed E-state index contributed by atoms with van der Waals surface area (Å²) in [5.74, 6) is -0.116. The van der Waals surface area contributed by atoms with Crippen molar-refractivity contribution in [2.24, 2.45) is 0 Å². The molecule has 4 heteroatoms. The molecule has 1 aliphatic carbocycles. The second kappa shape index (κ2) is 6.53. The quantitative estimate of drug-likeness (QED) is 0.619. The zero-order chi connectivity index (χ0) is 12.8. The highest BCUT2D eigenvalue weighted by atomic mass is 16.5. The van der Waals surface area contributed by atoms with Crippen LogP contribution in [0.2, 0.25) is 0 Å². The van der Waals surface area contributed by atoms with Gasteiger partial charge in [0.25, 0.3) is 0 Å². The smallest absolute Gasteiger partial charge is 0.326 e. The lowest BCUT2D eigenvalue weighted by atomic mass is 9.88. The predicted octanol–water partition coefficient (Wildman–Crippen LogP) is 2.02. The van der Waals surface area contributed by atoms with Gasteiger partial charge in [-0.05, 0) is 25.7 Å². The van der Waals surface area contributed by atoms with E-state index in [1.807, 2.05) is 0 Å². The van der Waals surface area contributed by atoms with Gasteiger partial charge in [-0.1, -0.05) is 25.7 Å². The summed E-state index contributed by atoms with van der Waals surface area (Å²) in [4.78, 5) is 12.1. The first-order chi connectivity index (χ1) is 8.77. The lowest BCUT2D eigenvalue weighted by Gasteiger charge is -2.38. The van der Waals surface area contributed by atoms with Gasteiger partial charge in [-0.3, -0.25) is 10.1 Å². The zero-order valence-corrected chi connectivity index (χ0v) is 11.4. The van der Waals surface area contributed by atoms with Crippen LogP contribution in [0.15, 0.2) is 0 Å². The fourth-order valence-electron chi connectivity index (χ4n) is 3.14. The van der Waals surface area contributed by atoms with Gasteiger partial charge in [0.1, 0.15) is 5.54 Å². The predicted molar refractivity (Wildman–Crippen MR) is 69.4 cm³/mol. The molecule has 0 aromatic heterocycles. The fraction of sp³-hybridized carbons (Fsp3) is 0.929. The molecule has 1 heterocycles. The Kier molecular flexibility index (Phi) is 5.01. The van der Waals surface area contributed by atoms with E-state index in [0.29, 0.717) is 19.3 Å². The monoisotopic (exact) mass is 255 g/mol. The van der Waals surface area contributed by atoms with E-state index in [2.05, 4.69) is 5.32 Å². The van der Waals surface area contributed by atoms with Crippen LogP contribution in [0, 0.1) is 0 Å². The highest BCUT2D eigenvalue weighted by Gasteiger charge is 2.42. The average molecular weight is 255 g/mol. The van der Waals surface area contributed by atoms with Gasteiger partial charge in [0, 0.05) is 19.3 Å². The molecule has 2 fully saturated rings. The van der Waals surface area contributed by atoms with Gasteiger partial charge >= 0.3 is 5.97 Å². The highest BCUT2D eigenvalue weighted by Crippen LogP contribution is 2.26. The molecule has 1 saturated carbocycles. The van der Waals surface area contributed by atoms with Gasteiger partial charge in [0.05, 0.1) is 7.11 Å². The van der Waals surface area contributed by atoms with Gasteiger partial charge in [-0.15, -0.1) is 0 Å². The van der Waals surface area contributed by atoms with Gasteiger partial charge in [0.15, 0.2) is 0 Å². The SMILES string of the molecule is COC(=O)C1(NC2CCCCCC2)CCOCC1. The van der Waals surface area contributed by atoms with Crippen molar-refractivity contribution in [3.63, 3.8) is 0 Å². The standard InChI is InChI=1S/C14H25NO3/c1-17-13(16)14(8-10-18-11-9-14)15-12-6-4-2-3-5-7-12/h12,15H,2-11H2,1H3. The van der Waals surface area contributed by atoms with Crippen LogP contribution in [0.1, 0.15) is 51.4 Å². The summed E-state index contributed by atoms with van der Waals surface area (Å²) in [6.07, 6.45) is 9.02. The lowest BCUT2D eigenvalue weighted by molar-refractivity contribution is -0.153. The Labute approximate surface area is 109 Å². The van der Waals surface area contributed by atoms with Crippen LogP contribution < -0.4 is 5.32 Å². The van der Waals surface area contributed by atoms with Crippen molar-refractivity contribution in [1.82, 2.24) is 5.32 Å². The molecule has 2 rings (SSSR count). The largest absolute Gasteiger partial charge is 0.468 e. The van der Waals surface area contributed by atoms with Gasteiger partial charge in [0.2, 0.25) is 0 Å². The Morgan fingerprint density at radius 3 is 2.33 bits per heavy atom. The van der Waals surface area contributed by atoms with Gasteiger partial charge < -0.3 is 9.47 Å². The van der Waals surface area contributed by atoms with E-state index in [9.17, 15) is 4.79 Å². The van der Waals surface area contributed by atoms with Crippen molar-refractivity contribution < 1.29 is 14.3 Å². The van der Waals surface area contributed by atoms with E-state index in [4.69, 9.17) is 9.47 Å². The summed E-state index contributed by atoms with van der Waals surface area (Å²) in [7, 11) is 1.48. The molecular weight excluding hydrogens is 230 g/mol. The number of rotatable bonds is 3. The van der Waals surface area contributed by atoms with E-state index < -0.39 is 5.54 Å². The molecule has 1 aliphatic heterocycles. The minimum absolute atomic E-state index is 0.116. The number of hydrogen-bond acceptors (Lipinski definition) is 4. The lowest BCUT2D eigenvalue weighted by Crippen LogP contribution is -2.59. The molecule has 0 amide bonds. The van der Waals surface area contributed by atoms with E-state index in [-0.39, 0.29) is 5.97 Å². The van der Waals surface area contributed by atoms with Crippen LogP contribution >= 0.6 is 0 Å². The Morgan fingerprint density at radius 1 is 1.17 bits per heavy atom. The van der Waals surface area contributed by atoms with E-state index in [0.717, 1.165) is 12.8 Å². The minimum Gasteiger partial charge on any atom is -0.468 e. The van der Waals surface area contributed by atoms with Crippen molar-refractivity contribution in [2.75, 3.05) is 20.3 Å². The van der Waals surface area contributed by atoms with Crippen molar-refractivity contribution in [1.29, 1.82) is 0 Å². The van der Waals surface area contributed by atoms with Crippen LogP contribution in [-0.4, -0.2) is 37.9 Å². The van der Waals surface area contributed by atoms with Crippen LogP contribution in [0.25, 0.3) is 0 Å². The Morgan fingerprint density at radius 2 is 1.78 bits per heavy atom. The third-order valence-electron chi connectivity index (χ3n) is 4.26. The van der Waals surface area contributed by atoms with Crippen molar-refractivity contribution in [3.05, 3.63) is 0 Å². The molecule has 18 heavy (non-hydrogen) atoms. The van der Waals surface area contributed by atoms with Crippen LogP contribution in [0.4, 0.5) is 0 Å². The van der Waals surface area contributed by atoms with Crippen LogP contribution in [0.3, 0.4) is 0 Å². The Hall–Kier alpha value is -0.610. The summed E-state index contributed by atoms with van der Waals surface area (Å²) in [6, 6.07) is 0.463. The molecule has 0 atom stereocenters. The molecule has 0 aromatic rings. The number of hydrogen-bond donors (Lipinski definition) is 1. The maximum absolute atomic E-state index is 12.1. The normalized spacial score (nSPS) is 25.4. The number of carbonyl (C=O) groups excluding carboxylic acids is 1. The topological polar surface area (TPSA) is 47.6 Å². The summed E-state index contributed by atoms with van der Waals surface area (Å²) >= 11 is 0. The molecule has 4 nitrogen and oxygen atoms in total. The third kappa shape index (κ3) is 3.23. The molecule has 1 saturated heterocycles. The number of methoxy groups -OCH3 is 1. The average Bonchev–Trinajstić information content (AvgIpc) is 2.67. The third-order valence-corrected chi connectivity index (χ3v) is 4.26. The molecule has 0 aromatic carbocycles. The number of esters is 1. The second-order valence-electron chi connectivity index (χ2n) is 5.52. The molecule has 1 N–H and O–H groups in total. The van der Waals surface area contributed by atoms with Gasteiger partial charge in [-0.25, -0.2) is 0 Å². The number of carbonyl (C=O) groups is 1. The van der Waals surface area contributed by atoms with Crippen LogP contribution in [-0.2, 0) is 14.3 Å². The van der Waals surface area contributed by atoms with E-state index >= 15 is 0 Å². The minimum atomic E-state index is -0.498. The van der Waals surface area contributed by atoms with Gasteiger partial charge in [-0.2, -0.15) is 0 Å². The Balaban J connectivity index is 2.01. The summed E-state index contributed by atoms with van der Waals surface area (Å²) in [5, 5.41) is 3.61. The zero-order valence-electron chi connectivity index (χ0n) is 11.4. The van der Waals surface area contributed by atoms with Crippen molar-refractivity contribution >= 4 is 5.97 Å². The molecule has 0 bridgehead atoms. The first-order valence-electron chi connectivity index (χ1n) is 7.21. The summed E-state index contributed by atoms with van der Waals surface area (Å²) < 4.78 is 10.4. The van der Waals surface area contributed by atoms with E-state index in [1.54, 1.807) is 0 Å². The number of ether oxygens (including phenoxy) is 2. The summed E-state index contributed by atoms with van der Waals surface area (Å²) in [5.41, 5.74) is -0.498. The maximum atomic E-state index is 12.1. The molecule has 0 radical (unpaired) electrons. The molecular formula is C14H25NO3. The molecule has 0 spiro atoms. The fourth-order valence-corrected chi connectivity index (χ4v) is 3.14. The molecule has 0 unspecified atom stereocenters. The van der Waals surface area contributed by atoms with E-state index in [1.165, 1.54) is 45.6 Å². The first-order valence-corrected chi connectivity index (χ1v) is 7.21. The maximum Gasteiger partial charge on any atom is 0.326 e. The first kappa shape index (κ1) is 13.8. The highest BCUT2D eigenvalue weighted by molar-refractivity contribution is 5.81. The molecule has 104 valence electrons. The molecule has 2 aliphatic rings. The Bertz CT molecular complexity index is 266. The number of nitrogens with one attached hydrogen (secondary N) is 1. The van der Waals surface area contributed by atoms with Crippen molar-refractivity contribution in [3.8, 4) is 0 Å². The summed E-state index contributed by atoms with van der Waals surface area (Å²) in [6.45, 7) is 1.30.